The Bertz CT molecular complexity index is 1170. The minimum atomic E-state index is -1.13. The number of hydrogen-bond donors (Lipinski definition) is 0. The van der Waals surface area contributed by atoms with Gasteiger partial charge in [-0.25, -0.2) is 4.79 Å². The zero-order chi connectivity index (χ0) is 24.3. The normalized spacial score (nSPS) is 19.8. The van der Waals surface area contributed by atoms with Gasteiger partial charge in [-0.1, -0.05) is 66.7 Å². The second-order valence-electron chi connectivity index (χ2n) is 8.92. The number of hydrogen-bond acceptors (Lipinski definition) is 4. The molecular formula is C29H29NO4. The number of rotatable bonds is 8. The minimum absolute atomic E-state index is 0.0241. The lowest BCUT2D eigenvalue weighted by atomic mass is 9.61. The van der Waals surface area contributed by atoms with Crippen LogP contribution in [0, 0.1) is 0 Å². The van der Waals surface area contributed by atoms with Gasteiger partial charge in [-0.05, 0) is 55.7 Å². The van der Waals surface area contributed by atoms with E-state index in [0.29, 0.717) is 12.2 Å². The Morgan fingerprint density at radius 3 is 2.15 bits per heavy atom. The van der Waals surface area contributed by atoms with Crippen LogP contribution in [-0.4, -0.2) is 24.6 Å². The predicted molar refractivity (Wildman–Crippen MR) is 133 cm³/mol. The van der Waals surface area contributed by atoms with Gasteiger partial charge in [-0.3, -0.25) is 4.79 Å². The van der Waals surface area contributed by atoms with Crippen molar-refractivity contribution >= 4 is 17.6 Å². The first-order valence-electron chi connectivity index (χ1n) is 11.3. The lowest BCUT2D eigenvalue weighted by molar-refractivity contribution is -0.156. The van der Waals surface area contributed by atoms with E-state index in [4.69, 9.17) is 9.47 Å². The van der Waals surface area contributed by atoms with Gasteiger partial charge in [-0.2, -0.15) is 0 Å². The molecule has 5 heteroatoms. The number of ether oxygens (including phenoxy) is 2. The summed E-state index contributed by atoms with van der Waals surface area (Å²) in [6.07, 6.45) is 2.30. The van der Waals surface area contributed by atoms with E-state index in [9.17, 15) is 9.59 Å². The molecule has 1 fully saturated rings. The molecule has 1 saturated heterocycles. The number of para-hydroxylation sites is 1. The van der Waals surface area contributed by atoms with Gasteiger partial charge in [0.1, 0.15) is 11.2 Å². The molecule has 0 spiro atoms. The van der Waals surface area contributed by atoms with Crippen LogP contribution < -0.4 is 9.64 Å². The number of anilines is 1. The summed E-state index contributed by atoms with van der Waals surface area (Å²) in [5, 5.41) is 0. The second kappa shape index (κ2) is 9.18. The van der Waals surface area contributed by atoms with Crippen molar-refractivity contribution in [3.8, 4) is 5.75 Å². The quantitative estimate of drug-likeness (QED) is 0.251. The molecule has 0 aliphatic carbocycles. The number of nitrogens with zero attached hydrogens (tertiary/aromatic N) is 1. The summed E-state index contributed by atoms with van der Waals surface area (Å²) in [6, 6.07) is 27.0. The van der Waals surface area contributed by atoms with Crippen molar-refractivity contribution in [2.45, 2.75) is 37.3 Å². The maximum absolute atomic E-state index is 13.9. The molecule has 1 heterocycles. The molecule has 3 aromatic rings. The number of amides is 1. The smallest absolute Gasteiger partial charge is 0.349 e. The van der Waals surface area contributed by atoms with Crippen LogP contribution in [0.4, 0.5) is 5.69 Å². The monoisotopic (exact) mass is 455 g/mol. The summed E-state index contributed by atoms with van der Waals surface area (Å²) in [5.74, 6) is 0.0865. The highest BCUT2D eigenvalue weighted by molar-refractivity contribution is 6.10. The number of carbonyl (C=O) groups is 2. The molecular weight excluding hydrogens is 426 g/mol. The number of allylic oxidation sites excluding steroid dienone is 1. The van der Waals surface area contributed by atoms with Gasteiger partial charge in [0, 0.05) is 5.69 Å². The third-order valence-electron chi connectivity index (χ3n) is 6.36. The molecule has 0 unspecified atom stereocenters. The van der Waals surface area contributed by atoms with E-state index in [1.807, 2.05) is 65.6 Å². The zero-order valence-electron chi connectivity index (χ0n) is 19.7. The third-order valence-corrected chi connectivity index (χ3v) is 6.36. The molecule has 0 bridgehead atoms. The number of benzene rings is 3. The van der Waals surface area contributed by atoms with Gasteiger partial charge in [0.2, 0.25) is 5.91 Å². The van der Waals surface area contributed by atoms with Crippen LogP contribution in [0.25, 0.3) is 0 Å². The van der Waals surface area contributed by atoms with E-state index in [1.165, 1.54) is 7.11 Å². The molecule has 34 heavy (non-hydrogen) atoms. The van der Waals surface area contributed by atoms with Crippen molar-refractivity contribution in [2.75, 3.05) is 12.0 Å². The highest BCUT2D eigenvalue weighted by Crippen LogP contribution is 2.55. The van der Waals surface area contributed by atoms with Gasteiger partial charge in [0.25, 0.3) is 0 Å². The Labute approximate surface area is 200 Å². The van der Waals surface area contributed by atoms with E-state index < -0.39 is 17.0 Å². The van der Waals surface area contributed by atoms with E-state index in [2.05, 4.69) is 18.7 Å². The topological polar surface area (TPSA) is 55.8 Å². The average Bonchev–Trinajstić information content (AvgIpc) is 2.86. The van der Waals surface area contributed by atoms with Crippen molar-refractivity contribution in [3.05, 3.63) is 109 Å². The first kappa shape index (κ1) is 23.3. The van der Waals surface area contributed by atoms with Gasteiger partial charge < -0.3 is 14.4 Å². The Hall–Kier alpha value is -3.86. The van der Waals surface area contributed by atoms with Crippen LogP contribution in [0.3, 0.4) is 0 Å². The molecule has 4 rings (SSSR count). The summed E-state index contributed by atoms with van der Waals surface area (Å²) >= 11 is 0. The Kier molecular flexibility index (Phi) is 6.29. The van der Waals surface area contributed by atoms with Crippen LogP contribution in [0.15, 0.2) is 97.6 Å². The maximum atomic E-state index is 13.9. The fourth-order valence-corrected chi connectivity index (χ4v) is 4.76. The lowest BCUT2D eigenvalue weighted by Gasteiger charge is -2.56. The predicted octanol–water partition coefficient (Wildman–Crippen LogP) is 5.62. The van der Waals surface area contributed by atoms with Crippen LogP contribution in [0.2, 0.25) is 0 Å². The summed E-state index contributed by atoms with van der Waals surface area (Å²) < 4.78 is 10.7. The number of esters is 1. The Morgan fingerprint density at radius 1 is 1.00 bits per heavy atom. The van der Waals surface area contributed by atoms with E-state index in [-0.39, 0.29) is 11.9 Å². The fourth-order valence-electron chi connectivity index (χ4n) is 4.76. The Balaban J connectivity index is 1.76. The van der Waals surface area contributed by atoms with Crippen LogP contribution in [0.5, 0.6) is 5.75 Å². The number of β-lactam (4-membered cyclic amide) rings is 1. The van der Waals surface area contributed by atoms with E-state index in [0.717, 1.165) is 16.8 Å². The van der Waals surface area contributed by atoms with Gasteiger partial charge in [0.15, 0.2) is 5.60 Å². The van der Waals surface area contributed by atoms with E-state index >= 15 is 0 Å². The molecule has 0 radical (unpaired) electrons. The van der Waals surface area contributed by atoms with Gasteiger partial charge in [-0.15, -0.1) is 6.58 Å². The summed E-state index contributed by atoms with van der Waals surface area (Å²) in [5.41, 5.74) is 0.871. The molecule has 1 aliphatic heterocycles. The first-order chi connectivity index (χ1) is 16.3. The highest BCUT2D eigenvalue weighted by atomic mass is 16.6. The molecule has 3 aromatic carbocycles. The largest absolute Gasteiger partial charge is 0.476 e. The van der Waals surface area contributed by atoms with Crippen molar-refractivity contribution in [2.24, 2.45) is 0 Å². The van der Waals surface area contributed by atoms with Crippen LogP contribution in [0.1, 0.15) is 37.4 Å². The van der Waals surface area contributed by atoms with Crippen molar-refractivity contribution in [1.82, 2.24) is 0 Å². The van der Waals surface area contributed by atoms with E-state index in [1.54, 1.807) is 32.1 Å². The molecule has 1 aliphatic rings. The first-order valence-corrected chi connectivity index (χ1v) is 11.3. The SMILES string of the molecule is C=CC[C@@]1(c2ccc(OC(C)(C)C(=O)OC)cc2)C(=O)N(c2ccccc2)[C@@H]1c1ccccc1. The van der Waals surface area contributed by atoms with Gasteiger partial charge >= 0.3 is 5.97 Å². The second-order valence-corrected chi connectivity index (χ2v) is 8.92. The molecule has 0 aromatic heterocycles. The summed E-state index contributed by atoms with van der Waals surface area (Å²) in [4.78, 5) is 27.8. The summed E-state index contributed by atoms with van der Waals surface area (Å²) in [7, 11) is 1.33. The fraction of sp³-hybridized carbons (Fsp3) is 0.241. The van der Waals surface area contributed by atoms with Crippen LogP contribution in [-0.2, 0) is 19.7 Å². The molecule has 0 N–H and O–H groups in total. The Morgan fingerprint density at radius 2 is 1.59 bits per heavy atom. The number of methoxy groups -OCH3 is 1. The zero-order valence-corrected chi connectivity index (χ0v) is 19.7. The third kappa shape index (κ3) is 3.87. The van der Waals surface area contributed by atoms with Gasteiger partial charge in [0.05, 0.1) is 13.2 Å². The van der Waals surface area contributed by atoms with Crippen LogP contribution >= 0.6 is 0 Å². The molecule has 0 saturated carbocycles. The summed E-state index contributed by atoms with van der Waals surface area (Å²) in [6.45, 7) is 7.28. The molecule has 174 valence electrons. The minimum Gasteiger partial charge on any atom is -0.476 e. The van der Waals surface area contributed by atoms with Crippen molar-refractivity contribution in [3.63, 3.8) is 0 Å². The molecule has 2 atom stereocenters. The molecule has 5 nitrogen and oxygen atoms in total. The molecule has 1 amide bonds. The van der Waals surface area contributed by atoms with Crippen molar-refractivity contribution in [1.29, 1.82) is 0 Å². The highest BCUT2D eigenvalue weighted by Gasteiger charge is 2.61. The number of carbonyl (C=O) groups excluding carboxylic acids is 2. The van der Waals surface area contributed by atoms with Crippen molar-refractivity contribution < 1.29 is 19.1 Å². The standard InChI is InChI=1S/C29H29NO4/c1-5-20-29(22-16-18-24(19-17-22)34-28(2,3)27(32)33-4)25(21-12-8-6-9-13-21)30(26(29)31)23-14-10-7-11-15-23/h5-19,25H,1,20H2,2-4H3/t25-,29+/m1/s1. The average molecular weight is 456 g/mol. The lowest BCUT2D eigenvalue weighted by Crippen LogP contribution is -2.66. The maximum Gasteiger partial charge on any atom is 0.349 e.